The first-order valence-electron chi connectivity index (χ1n) is 11.8. The Balaban J connectivity index is 1.27. The SMILES string of the molecule is CCOc1ccc(CN2CC(c3noc(-c4cc5c(s4)CCCC5)n3)CC2=O)cc1OCC. The highest BCUT2D eigenvalue weighted by atomic mass is 32.1. The second kappa shape index (κ2) is 9.55. The molecule has 1 aliphatic carbocycles. The number of hydrogen-bond acceptors (Lipinski definition) is 7. The van der Waals surface area contributed by atoms with E-state index in [1.165, 1.54) is 23.3 Å². The summed E-state index contributed by atoms with van der Waals surface area (Å²) in [5.74, 6) is 2.67. The maximum absolute atomic E-state index is 12.7. The predicted octanol–water partition coefficient (Wildman–Crippen LogP) is 4.99. The van der Waals surface area contributed by atoms with Crippen LogP contribution in [0, 0.1) is 0 Å². The molecule has 7 nitrogen and oxygen atoms in total. The van der Waals surface area contributed by atoms with Gasteiger partial charge in [-0.25, -0.2) is 0 Å². The second-order valence-corrected chi connectivity index (χ2v) is 9.68. The van der Waals surface area contributed by atoms with Crippen molar-refractivity contribution in [1.82, 2.24) is 15.0 Å². The molecular weight excluding hydrogens is 438 g/mol. The molecule has 174 valence electrons. The lowest BCUT2D eigenvalue weighted by Crippen LogP contribution is -2.24. The smallest absolute Gasteiger partial charge is 0.268 e. The molecule has 1 atom stereocenters. The molecule has 1 saturated heterocycles. The zero-order valence-corrected chi connectivity index (χ0v) is 20.0. The van der Waals surface area contributed by atoms with Crippen LogP contribution in [0.15, 0.2) is 28.8 Å². The second-order valence-electron chi connectivity index (χ2n) is 8.55. The third-order valence-electron chi connectivity index (χ3n) is 6.21. The van der Waals surface area contributed by atoms with Gasteiger partial charge < -0.3 is 18.9 Å². The number of nitrogens with zero attached hydrogens (tertiary/aromatic N) is 3. The Bertz CT molecular complexity index is 1120. The number of ether oxygens (including phenoxy) is 2. The first-order chi connectivity index (χ1) is 16.1. The molecule has 2 aliphatic rings. The van der Waals surface area contributed by atoms with Gasteiger partial charge in [0.1, 0.15) is 0 Å². The van der Waals surface area contributed by atoms with Crippen LogP contribution in [0.3, 0.4) is 0 Å². The summed E-state index contributed by atoms with van der Waals surface area (Å²) in [7, 11) is 0. The average molecular weight is 468 g/mol. The topological polar surface area (TPSA) is 77.7 Å². The maximum atomic E-state index is 12.7. The van der Waals surface area contributed by atoms with Crippen LogP contribution in [0.4, 0.5) is 0 Å². The summed E-state index contributed by atoms with van der Waals surface area (Å²) in [6, 6.07) is 8.05. The molecule has 1 aromatic carbocycles. The maximum Gasteiger partial charge on any atom is 0.268 e. The molecular formula is C25H29N3O4S. The molecule has 0 bridgehead atoms. The Morgan fingerprint density at radius 1 is 1.12 bits per heavy atom. The van der Waals surface area contributed by atoms with Gasteiger partial charge in [-0.2, -0.15) is 4.98 Å². The Labute approximate surface area is 197 Å². The van der Waals surface area contributed by atoms with Gasteiger partial charge in [0.2, 0.25) is 5.91 Å². The predicted molar refractivity (Wildman–Crippen MR) is 126 cm³/mol. The number of fused-ring (bicyclic) bond motifs is 1. The van der Waals surface area contributed by atoms with Crippen molar-refractivity contribution in [2.75, 3.05) is 19.8 Å². The third kappa shape index (κ3) is 4.62. The molecule has 1 fully saturated rings. The quantitative estimate of drug-likeness (QED) is 0.464. The van der Waals surface area contributed by atoms with Gasteiger partial charge in [-0.05, 0) is 68.9 Å². The van der Waals surface area contributed by atoms with E-state index >= 15 is 0 Å². The highest BCUT2D eigenvalue weighted by Gasteiger charge is 2.34. The van der Waals surface area contributed by atoms with Crippen molar-refractivity contribution in [3.05, 3.63) is 46.1 Å². The van der Waals surface area contributed by atoms with E-state index in [1.54, 1.807) is 11.3 Å². The van der Waals surface area contributed by atoms with Gasteiger partial charge in [0, 0.05) is 30.3 Å². The molecule has 1 amide bonds. The molecule has 0 spiro atoms. The fourth-order valence-electron chi connectivity index (χ4n) is 4.61. The Morgan fingerprint density at radius 3 is 2.76 bits per heavy atom. The number of amides is 1. The molecule has 1 aliphatic heterocycles. The molecule has 5 rings (SSSR count). The van der Waals surface area contributed by atoms with Gasteiger partial charge >= 0.3 is 0 Å². The van der Waals surface area contributed by atoms with E-state index < -0.39 is 0 Å². The molecule has 3 heterocycles. The fraction of sp³-hybridized carbons (Fsp3) is 0.480. The van der Waals surface area contributed by atoms with E-state index in [1.807, 2.05) is 36.9 Å². The zero-order valence-electron chi connectivity index (χ0n) is 19.1. The van der Waals surface area contributed by atoms with Crippen LogP contribution >= 0.6 is 11.3 Å². The third-order valence-corrected chi connectivity index (χ3v) is 7.44. The van der Waals surface area contributed by atoms with Gasteiger partial charge in [0.05, 0.1) is 18.1 Å². The molecule has 1 unspecified atom stereocenters. The summed E-state index contributed by atoms with van der Waals surface area (Å²) >= 11 is 1.76. The number of likely N-dealkylation sites (tertiary alicyclic amines) is 1. The Morgan fingerprint density at radius 2 is 1.94 bits per heavy atom. The first kappa shape index (κ1) is 21.9. The molecule has 0 radical (unpaired) electrons. The standard InChI is InChI=1S/C25H29N3O4S/c1-3-30-19-10-9-16(11-20(19)31-4-2)14-28-15-18(13-23(28)29)24-26-25(32-27-24)22-12-17-7-5-6-8-21(17)33-22/h9-12,18H,3-8,13-15H2,1-2H3. The summed E-state index contributed by atoms with van der Waals surface area (Å²) in [5.41, 5.74) is 2.43. The van der Waals surface area contributed by atoms with Gasteiger partial charge in [-0.15, -0.1) is 11.3 Å². The van der Waals surface area contributed by atoms with Crippen LogP contribution in [-0.4, -0.2) is 40.7 Å². The molecule has 2 aromatic heterocycles. The number of aryl methyl sites for hydroxylation is 2. The largest absolute Gasteiger partial charge is 0.490 e. The summed E-state index contributed by atoms with van der Waals surface area (Å²) in [5, 5.41) is 4.23. The zero-order chi connectivity index (χ0) is 22.8. The Kier molecular flexibility index (Phi) is 6.35. The number of carbonyl (C=O) groups excluding carboxylic acids is 1. The molecule has 0 saturated carbocycles. The summed E-state index contributed by atoms with van der Waals surface area (Å²) in [6.45, 7) is 6.12. The van der Waals surface area contributed by atoms with Gasteiger partial charge in [-0.1, -0.05) is 11.2 Å². The minimum Gasteiger partial charge on any atom is -0.490 e. The van der Waals surface area contributed by atoms with Crippen LogP contribution in [0.5, 0.6) is 11.5 Å². The van der Waals surface area contributed by atoms with Crippen LogP contribution < -0.4 is 9.47 Å². The van der Waals surface area contributed by atoms with Crippen LogP contribution in [0.25, 0.3) is 10.8 Å². The number of thiophene rings is 1. The van der Waals surface area contributed by atoms with Gasteiger partial charge in [0.25, 0.3) is 5.89 Å². The van der Waals surface area contributed by atoms with E-state index in [4.69, 9.17) is 14.0 Å². The number of aromatic nitrogens is 2. The summed E-state index contributed by atoms with van der Waals surface area (Å²) in [4.78, 5) is 21.8. The summed E-state index contributed by atoms with van der Waals surface area (Å²) in [6.07, 6.45) is 5.18. The first-order valence-corrected chi connectivity index (χ1v) is 12.6. The van der Waals surface area contributed by atoms with E-state index in [2.05, 4.69) is 16.2 Å². The minimum absolute atomic E-state index is 0.0568. The van der Waals surface area contributed by atoms with Crippen LogP contribution in [0.2, 0.25) is 0 Å². The lowest BCUT2D eigenvalue weighted by atomic mass is 9.99. The highest BCUT2D eigenvalue weighted by Crippen LogP contribution is 2.36. The highest BCUT2D eigenvalue weighted by molar-refractivity contribution is 7.15. The van der Waals surface area contributed by atoms with E-state index in [0.29, 0.717) is 50.2 Å². The number of benzene rings is 1. The summed E-state index contributed by atoms with van der Waals surface area (Å²) < 4.78 is 17.0. The van der Waals surface area contributed by atoms with Crippen molar-refractivity contribution in [2.24, 2.45) is 0 Å². The monoisotopic (exact) mass is 467 g/mol. The Hall–Kier alpha value is -2.87. The molecule has 33 heavy (non-hydrogen) atoms. The van der Waals surface area contributed by atoms with Crippen LogP contribution in [-0.2, 0) is 24.2 Å². The van der Waals surface area contributed by atoms with E-state index in [-0.39, 0.29) is 11.8 Å². The lowest BCUT2D eigenvalue weighted by Gasteiger charge is -2.18. The van der Waals surface area contributed by atoms with Crippen LogP contribution in [0.1, 0.15) is 60.9 Å². The fourth-order valence-corrected chi connectivity index (χ4v) is 5.78. The van der Waals surface area contributed by atoms with Crippen molar-refractivity contribution in [3.8, 4) is 22.3 Å². The molecule has 0 N–H and O–H groups in total. The van der Waals surface area contributed by atoms with E-state index in [0.717, 1.165) is 29.0 Å². The minimum atomic E-state index is -0.0568. The van der Waals surface area contributed by atoms with E-state index in [9.17, 15) is 4.79 Å². The normalized spacial score (nSPS) is 17.9. The van der Waals surface area contributed by atoms with Crippen molar-refractivity contribution < 1.29 is 18.8 Å². The molecule has 3 aromatic rings. The van der Waals surface area contributed by atoms with Crippen molar-refractivity contribution in [3.63, 3.8) is 0 Å². The van der Waals surface area contributed by atoms with Crippen molar-refractivity contribution in [1.29, 1.82) is 0 Å². The van der Waals surface area contributed by atoms with Gasteiger partial charge in [-0.3, -0.25) is 4.79 Å². The van der Waals surface area contributed by atoms with Crippen molar-refractivity contribution >= 4 is 17.2 Å². The number of rotatable bonds is 8. The number of hydrogen-bond donors (Lipinski definition) is 0. The molecule has 8 heteroatoms. The lowest BCUT2D eigenvalue weighted by molar-refractivity contribution is -0.128. The van der Waals surface area contributed by atoms with Gasteiger partial charge in [0.15, 0.2) is 17.3 Å². The van der Waals surface area contributed by atoms with Crippen molar-refractivity contribution in [2.45, 2.75) is 58.4 Å². The number of carbonyl (C=O) groups is 1. The average Bonchev–Trinajstić information content (AvgIpc) is 3.54.